The molecule has 4 heteroatoms. The third-order valence-electron chi connectivity index (χ3n) is 7.13. The Morgan fingerprint density at radius 1 is 0.833 bits per heavy atom. The number of ketones is 1. The molecular weight excluding hydrogens is 446 g/mol. The number of likely N-dealkylation sites (tertiary alicyclic amines) is 1. The van der Waals surface area contributed by atoms with Crippen molar-refractivity contribution in [1.29, 1.82) is 0 Å². The van der Waals surface area contributed by atoms with E-state index in [4.69, 9.17) is 0 Å². The summed E-state index contributed by atoms with van der Waals surface area (Å²) in [6, 6.07) is 19.2. The highest BCUT2D eigenvalue weighted by molar-refractivity contribution is 6.46. The van der Waals surface area contributed by atoms with E-state index < -0.39 is 17.7 Å². The van der Waals surface area contributed by atoms with E-state index in [-0.39, 0.29) is 23.3 Å². The quantitative estimate of drug-likeness (QED) is 0.252. The number of aliphatic hydroxyl groups is 1. The fourth-order valence-electron chi connectivity index (χ4n) is 4.85. The van der Waals surface area contributed by atoms with E-state index in [1.807, 2.05) is 82.3 Å². The largest absolute Gasteiger partial charge is 0.507 e. The molecule has 1 N–H and O–H groups in total. The van der Waals surface area contributed by atoms with Crippen LogP contribution in [0.4, 0.5) is 0 Å². The second-order valence-corrected chi connectivity index (χ2v) is 11.0. The van der Waals surface area contributed by atoms with Gasteiger partial charge in [0, 0.05) is 12.1 Å². The van der Waals surface area contributed by atoms with Gasteiger partial charge in [0.1, 0.15) is 5.76 Å². The van der Waals surface area contributed by atoms with E-state index in [0.29, 0.717) is 5.56 Å². The van der Waals surface area contributed by atoms with Gasteiger partial charge in [-0.25, -0.2) is 0 Å². The zero-order valence-corrected chi connectivity index (χ0v) is 22.3. The molecule has 0 radical (unpaired) electrons. The standard InChI is InChI=1S/C32H35NO3/c1-19-8-10-21(3)24(16-19)18-33-28(23-12-14-25(15-13-23)32(5,6)7)27(30(35)31(33)36)29(34)26-17-20(2)9-11-22(26)4/h8-17,28,34H,18H2,1-7H3/b29-27+. The zero-order valence-electron chi connectivity index (χ0n) is 22.3. The van der Waals surface area contributed by atoms with Crippen LogP contribution >= 0.6 is 0 Å². The van der Waals surface area contributed by atoms with Crippen LogP contribution in [0.3, 0.4) is 0 Å². The first-order valence-corrected chi connectivity index (χ1v) is 12.4. The maximum atomic E-state index is 13.5. The summed E-state index contributed by atoms with van der Waals surface area (Å²) in [5.41, 5.74) is 7.61. The summed E-state index contributed by atoms with van der Waals surface area (Å²) in [6.07, 6.45) is 0. The lowest BCUT2D eigenvalue weighted by molar-refractivity contribution is -0.140. The molecule has 1 unspecified atom stereocenters. The lowest BCUT2D eigenvalue weighted by Gasteiger charge is -2.27. The number of aryl methyl sites for hydroxylation is 4. The van der Waals surface area contributed by atoms with Crippen LogP contribution in [-0.4, -0.2) is 21.7 Å². The fraction of sp³-hybridized carbons (Fsp3) is 0.312. The highest BCUT2D eigenvalue weighted by Gasteiger charge is 2.46. The van der Waals surface area contributed by atoms with Crippen molar-refractivity contribution in [1.82, 2.24) is 4.90 Å². The Bertz CT molecular complexity index is 1370. The maximum Gasteiger partial charge on any atom is 0.295 e. The van der Waals surface area contributed by atoms with Crippen LogP contribution in [0.5, 0.6) is 0 Å². The Morgan fingerprint density at radius 3 is 2.03 bits per heavy atom. The van der Waals surface area contributed by atoms with Crippen LogP contribution in [0.2, 0.25) is 0 Å². The van der Waals surface area contributed by atoms with Crippen molar-refractivity contribution in [2.45, 2.75) is 66.5 Å². The molecule has 1 amide bonds. The van der Waals surface area contributed by atoms with E-state index in [1.54, 1.807) is 4.90 Å². The number of benzene rings is 3. The van der Waals surface area contributed by atoms with Gasteiger partial charge in [-0.05, 0) is 67.0 Å². The molecule has 3 aromatic rings. The Balaban J connectivity index is 1.91. The predicted octanol–water partition coefficient (Wildman–Crippen LogP) is 6.84. The lowest BCUT2D eigenvalue weighted by atomic mass is 9.85. The van der Waals surface area contributed by atoms with Gasteiger partial charge in [-0.3, -0.25) is 9.59 Å². The lowest BCUT2D eigenvalue weighted by Crippen LogP contribution is -2.29. The van der Waals surface area contributed by atoms with Crippen LogP contribution in [0.25, 0.3) is 5.76 Å². The molecule has 0 saturated carbocycles. The van der Waals surface area contributed by atoms with Gasteiger partial charge in [0.15, 0.2) is 0 Å². The minimum Gasteiger partial charge on any atom is -0.507 e. The number of hydrogen-bond donors (Lipinski definition) is 1. The van der Waals surface area contributed by atoms with Gasteiger partial charge in [-0.2, -0.15) is 0 Å². The average molecular weight is 482 g/mol. The number of carbonyl (C=O) groups is 2. The molecule has 1 aliphatic heterocycles. The molecule has 36 heavy (non-hydrogen) atoms. The molecule has 0 spiro atoms. The van der Waals surface area contributed by atoms with Crippen molar-refractivity contribution in [2.75, 3.05) is 0 Å². The summed E-state index contributed by atoms with van der Waals surface area (Å²) < 4.78 is 0. The maximum absolute atomic E-state index is 13.5. The fourth-order valence-corrected chi connectivity index (χ4v) is 4.85. The van der Waals surface area contributed by atoms with Crippen molar-refractivity contribution in [3.05, 3.63) is 111 Å². The van der Waals surface area contributed by atoms with Crippen molar-refractivity contribution in [3.8, 4) is 0 Å². The molecule has 0 bridgehead atoms. The summed E-state index contributed by atoms with van der Waals surface area (Å²) in [4.78, 5) is 28.5. The van der Waals surface area contributed by atoms with Crippen LogP contribution in [0, 0.1) is 27.7 Å². The van der Waals surface area contributed by atoms with E-state index >= 15 is 0 Å². The first-order valence-electron chi connectivity index (χ1n) is 12.4. The summed E-state index contributed by atoms with van der Waals surface area (Å²) in [5, 5.41) is 11.5. The zero-order chi connectivity index (χ0) is 26.4. The van der Waals surface area contributed by atoms with E-state index in [0.717, 1.165) is 38.9 Å². The Labute approximate surface area is 214 Å². The van der Waals surface area contributed by atoms with Crippen molar-refractivity contribution in [2.24, 2.45) is 0 Å². The molecule has 3 aromatic carbocycles. The van der Waals surface area contributed by atoms with Crippen LogP contribution in [-0.2, 0) is 21.5 Å². The van der Waals surface area contributed by atoms with Crippen LogP contribution in [0.15, 0.2) is 66.2 Å². The summed E-state index contributed by atoms with van der Waals surface area (Å²) in [7, 11) is 0. The van der Waals surface area contributed by atoms with Gasteiger partial charge in [0.05, 0.1) is 11.6 Å². The number of nitrogens with zero attached hydrogens (tertiary/aromatic N) is 1. The van der Waals surface area contributed by atoms with E-state index in [9.17, 15) is 14.7 Å². The second kappa shape index (κ2) is 9.42. The van der Waals surface area contributed by atoms with E-state index in [2.05, 4.69) is 26.8 Å². The Kier molecular flexibility index (Phi) is 6.66. The molecule has 4 nitrogen and oxygen atoms in total. The minimum atomic E-state index is -0.682. The number of rotatable bonds is 4. The van der Waals surface area contributed by atoms with Gasteiger partial charge in [0.25, 0.3) is 11.7 Å². The molecule has 1 atom stereocenters. The number of hydrogen-bond acceptors (Lipinski definition) is 3. The monoisotopic (exact) mass is 481 g/mol. The third kappa shape index (κ3) is 4.73. The molecule has 186 valence electrons. The van der Waals surface area contributed by atoms with Gasteiger partial charge >= 0.3 is 0 Å². The van der Waals surface area contributed by atoms with Gasteiger partial charge in [-0.15, -0.1) is 0 Å². The van der Waals surface area contributed by atoms with Crippen molar-refractivity contribution < 1.29 is 14.7 Å². The molecule has 4 rings (SSSR count). The predicted molar refractivity (Wildman–Crippen MR) is 145 cm³/mol. The summed E-state index contributed by atoms with van der Waals surface area (Å²) in [5.74, 6) is -1.36. The normalized spacial score (nSPS) is 17.6. The SMILES string of the molecule is Cc1ccc(C)c(CN2C(=O)C(=O)/C(=C(/O)c3cc(C)ccc3C)C2c2ccc(C(C)(C)C)cc2)c1. The average Bonchev–Trinajstić information content (AvgIpc) is 3.07. The number of Topliss-reactive ketones (excluding diaryl/α,β-unsaturated/α-hetero) is 1. The highest BCUT2D eigenvalue weighted by Crippen LogP contribution is 2.41. The highest BCUT2D eigenvalue weighted by atomic mass is 16.3. The first-order chi connectivity index (χ1) is 16.9. The molecular formula is C32H35NO3. The molecule has 1 aliphatic rings. The second-order valence-electron chi connectivity index (χ2n) is 11.0. The summed E-state index contributed by atoms with van der Waals surface area (Å²) in [6.45, 7) is 14.6. The molecule has 1 heterocycles. The van der Waals surface area contributed by atoms with Gasteiger partial charge in [0.2, 0.25) is 0 Å². The van der Waals surface area contributed by atoms with Crippen LogP contribution in [0.1, 0.15) is 71.3 Å². The topological polar surface area (TPSA) is 57.6 Å². The van der Waals surface area contributed by atoms with Crippen molar-refractivity contribution >= 4 is 17.4 Å². The molecule has 0 aromatic heterocycles. The van der Waals surface area contributed by atoms with Crippen molar-refractivity contribution in [3.63, 3.8) is 0 Å². The molecule has 1 fully saturated rings. The van der Waals surface area contributed by atoms with E-state index in [1.165, 1.54) is 0 Å². The summed E-state index contributed by atoms with van der Waals surface area (Å²) >= 11 is 0. The Hall–Kier alpha value is -3.66. The first kappa shape index (κ1) is 25.4. The van der Waals surface area contributed by atoms with Gasteiger partial charge in [-0.1, -0.05) is 86.5 Å². The third-order valence-corrected chi connectivity index (χ3v) is 7.13. The smallest absolute Gasteiger partial charge is 0.295 e. The number of carbonyl (C=O) groups excluding carboxylic acids is 2. The molecule has 0 aliphatic carbocycles. The molecule has 1 saturated heterocycles. The Morgan fingerprint density at radius 2 is 1.42 bits per heavy atom. The van der Waals surface area contributed by atoms with Gasteiger partial charge < -0.3 is 10.0 Å². The van der Waals surface area contributed by atoms with Crippen LogP contribution < -0.4 is 0 Å². The number of amides is 1. The number of aliphatic hydroxyl groups excluding tert-OH is 1. The minimum absolute atomic E-state index is 0.0301.